The van der Waals surface area contributed by atoms with Gasteiger partial charge in [0.25, 0.3) is 0 Å². The molecule has 6 nitrogen and oxygen atoms in total. The van der Waals surface area contributed by atoms with Crippen LogP contribution in [0.3, 0.4) is 0 Å². The van der Waals surface area contributed by atoms with Crippen LogP contribution >= 0.6 is 0 Å². The van der Waals surface area contributed by atoms with Crippen LogP contribution in [0.2, 0.25) is 0 Å². The Morgan fingerprint density at radius 3 is 2.73 bits per heavy atom. The molecule has 2 aromatic carbocycles. The molecule has 2 aromatic rings. The third-order valence-electron chi connectivity index (χ3n) is 6.26. The first-order valence-corrected chi connectivity index (χ1v) is 10.3. The molecule has 2 aliphatic rings. The summed E-state index contributed by atoms with van der Waals surface area (Å²) in [6.45, 7) is 3.87. The lowest BCUT2D eigenvalue weighted by molar-refractivity contribution is -0.123. The van der Waals surface area contributed by atoms with Crippen molar-refractivity contribution in [2.45, 2.75) is 25.3 Å². The van der Waals surface area contributed by atoms with Crippen LogP contribution in [-0.2, 0) is 11.2 Å². The van der Waals surface area contributed by atoms with Gasteiger partial charge < -0.3 is 15.1 Å². The van der Waals surface area contributed by atoms with Crippen molar-refractivity contribution in [2.75, 3.05) is 43.4 Å². The predicted molar refractivity (Wildman–Crippen MR) is 115 cm³/mol. The minimum Gasteiger partial charge on any atom is -0.323 e. The highest BCUT2D eigenvalue weighted by Gasteiger charge is 2.48. The van der Waals surface area contributed by atoms with Gasteiger partial charge in [-0.15, -0.1) is 0 Å². The van der Waals surface area contributed by atoms with Crippen molar-refractivity contribution in [1.29, 1.82) is 0 Å². The normalized spacial score (nSPS) is 22.0. The molecule has 7 heteroatoms. The Kier molecular flexibility index (Phi) is 5.47. The molecule has 2 heterocycles. The highest BCUT2D eigenvalue weighted by molar-refractivity contribution is 5.96. The van der Waals surface area contributed by atoms with Crippen molar-refractivity contribution < 1.29 is 14.0 Å². The van der Waals surface area contributed by atoms with Crippen LogP contribution in [0.1, 0.15) is 18.9 Å². The molecule has 3 amide bonds. The van der Waals surface area contributed by atoms with Crippen LogP contribution in [0.25, 0.3) is 0 Å². The maximum absolute atomic E-state index is 13.7. The van der Waals surface area contributed by atoms with E-state index in [4.69, 9.17) is 0 Å². The summed E-state index contributed by atoms with van der Waals surface area (Å²) in [4.78, 5) is 31.0. The maximum atomic E-state index is 13.7. The number of benzene rings is 2. The first-order chi connectivity index (χ1) is 14.4. The molecular weight excluding hydrogens is 383 g/mol. The third kappa shape index (κ3) is 3.89. The van der Waals surface area contributed by atoms with Gasteiger partial charge in [-0.25, -0.2) is 9.18 Å². The number of carbonyl (C=O) groups excluding carboxylic acids is 2. The van der Waals surface area contributed by atoms with Gasteiger partial charge in [0.1, 0.15) is 5.82 Å². The van der Waals surface area contributed by atoms with E-state index in [0.717, 1.165) is 18.5 Å². The van der Waals surface area contributed by atoms with Gasteiger partial charge in [-0.3, -0.25) is 9.69 Å². The van der Waals surface area contributed by atoms with E-state index in [1.807, 2.05) is 36.2 Å². The number of nitrogens with zero attached hydrogens (tertiary/aromatic N) is 3. The lowest BCUT2D eigenvalue weighted by Crippen LogP contribution is -2.64. The molecule has 2 saturated heterocycles. The maximum Gasteiger partial charge on any atom is 0.321 e. The van der Waals surface area contributed by atoms with E-state index in [-0.39, 0.29) is 29.8 Å². The SMILES string of the molecule is CCc1cccc(NC(=O)N2CCC3(C2)CN(c2cccc(F)c2)C(=O)CN3C)c1. The summed E-state index contributed by atoms with van der Waals surface area (Å²) in [6.07, 6.45) is 1.66. The Morgan fingerprint density at radius 1 is 1.17 bits per heavy atom. The fraction of sp³-hybridized carbons (Fsp3) is 0.391. The summed E-state index contributed by atoms with van der Waals surface area (Å²) in [7, 11) is 1.92. The third-order valence-corrected chi connectivity index (χ3v) is 6.26. The lowest BCUT2D eigenvalue weighted by Gasteiger charge is -2.46. The molecule has 30 heavy (non-hydrogen) atoms. The Bertz CT molecular complexity index is 966. The van der Waals surface area contributed by atoms with Gasteiger partial charge in [0.05, 0.1) is 12.1 Å². The molecule has 0 aliphatic carbocycles. The summed E-state index contributed by atoms with van der Waals surface area (Å²) in [5, 5.41) is 2.99. The number of likely N-dealkylation sites (N-methyl/N-ethyl adjacent to an activating group) is 1. The van der Waals surface area contributed by atoms with Crippen molar-refractivity contribution in [1.82, 2.24) is 9.80 Å². The van der Waals surface area contributed by atoms with Crippen molar-refractivity contribution in [3.63, 3.8) is 0 Å². The molecule has 158 valence electrons. The van der Waals surface area contributed by atoms with Gasteiger partial charge in [0, 0.05) is 31.0 Å². The molecular formula is C23H27FN4O2. The topological polar surface area (TPSA) is 55.9 Å². The standard InChI is InChI=1S/C23H27FN4O2/c1-3-17-6-4-8-19(12-17)25-22(30)27-11-10-23(15-27)16-28(21(29)14-26(23)2)20-9-5-7-18(24)13-20/h4-9,12-13H,3,10-11,14-16H2,1-2H3,(H,25,30). The van der Waals surface area contributed by atoms with Gasteiger partial charge in [-0.1, -0.05) is 25.1 Å². The van der Waals surface area contributed by atoms with Crippen LogP contribution in [0.5, 0.6) is 0 Å². The number of carbonyl (C=O) groups is 2. The minimum absolute atomic E-state index is 0.0620. The van der Waals surface area contributed by atoms with Crippen LogP contribution < -0.4 is 10.2 Å². The zero-order valence-corrected chi connectivity index (χ0v) is 17.4. The summed E-state index contributed by atoms with van der Waals surface area (Å²) < 4.78 is 13.7. The van der Waals surface area contributed by atoms with Gasteiger partial charge in [-0.05, 0) is 55.8 Å². The highest BCUT2D eigenvalue weighted by atomic mass is 19.1. The van der Waals surface area contributed by atoms with Gasteiger partial charge >= 0.3 is 6.03 Å². The van der Waals surface area contributed by atoms with Crippen LogP contribution in [0, 0.1) is 5.82 Å². The van der Waals surface area contributed by atoms with Gasteiger partial charge in [-0.2, -0.15) is 0 Å². The number of halogens is 1. The molecule has 0 radical (unpaired) electrons. The van der Waals surface area contributed by atoms with E-state index >= 15 is 0 Å². The number of aryl methyl sites for hydroxylation is 1. The number of piperazine rings is 1. The zero-order valence-electron chi connectivity index (χ0n) is 17.4. The molecule has 0 aromatic heterocycles. The second-order valence-corrected chi connectivity index (χ2v) is 8.20. The number of anilines is 2. The number of rotatable bonds is 3. The molecule has 4 rings (SSSR count). The van der Waals surface area contributed by atoms with E-state index in [2.05, 4.69) is 12.2 Å². The van der Waals surface area contributed by atoms with E-state index in [9.17, 15) is 14.0 Å². The fourth-order valence-electron chi connectivity index (χ4n) is 4.38. The highest BCUT2D eigenvalue weighted by Crippen LogP contribution is 2.33. The van der Waals surface area contributed by atoms with Crippen molar-refractivity contribution in [3.05, 3.63) is 59.9 Å². The number of hydrogen-bond donors (Lipinski definition) is 1. The van der Waals surface area contributed by atoms with Crippen LogP contribution in [-0.4, -0.2) is 60.5 Å². The number of urea groups is 1. The minimum atomic E-state index is -0.366. The van der Waals surface area contributed by atoms with E-state index in [1.165, 1.54) is 17.7 Å². The van der Waals surface area contributed by atoms with E-state index < -0.39 is 0 Å². The second-order valence-electron chi connectivity index (χ2n) is 8.20. The van der Waals surface area contributed by atoms with Crippen molar-refractivity contribution in [2.24, 2.45) is 0 Å². The molecule has 1 spiro atoms. The quantitative estimate of drug-likeness (QED) is 0.844. The van der Waals surface area contributed by atoms with E-state index in [1.54, 1.807) is 21.9 Å². The Labute approximate surface area is 176 Å². The molecule has 1 atom stereocenters. The molecule has 1 unspecified atom stereocenters. The van der Waals surface area contributed by atoms with Crippen LogP contribution in [0.4, 0.5) is 20.6 Å². The average molecular weight is 410 g/mol. The second kappa shape index (κ2) is 8.07. The van der Waals surface area contributed by atoms with Gasteiger partial charge in [0.15, 0.2) is 0 Å². The Morgan fingerprint density at radius 2 is 1.97 bits per heavy atom. The number of hydrogen-bond acceptors (Lipinski definition) is 3. The first-order valence-electron chi connectivity index (χ1n) is 10.3. The molecule has 2 aliphatic heterocycles. The zero-order chi connectivity index (χ0) is 21.3. The van der Waals surface area contributed by atoms with Crippen molar-refractivity contribution >= 4 is 23.3 Å². The fourth-order valence-corrected chi connectivity index (χ4v) is 4.38. The largest absolute Gasteiger partial charge is 0.323 e. The summed E-state index contributed by atoms with van der Waals surface area (Å²) >= 11 is 0. The predicted octanol–water partition coefficient (Wildman–Crippen LogP) is 3.34. The summed E-state index contributed by atoms with van der Waals surface area (Å²) in [5.41, 5.74) is 2.17. The summed E-state index contributed by atoms with van der Waals surface area (Å²) in [5.74, 6) is -0.428. The smallest absolute Gasteiger partial charge is 0.321 e. The Hall–Kier alpha value is -2.93. The van der Waals surface area contributed by atoms with Crippen LogP contribution in [0.15, 0.2) is 48.5 Å². The van der Waals surface area contributed by atoms with Crippen molar-refractivity contribution in [3.8, 4) is 0 Å². The molecule has 2 fully saturated rings. The monoisotopic (exact) mass is 410 g/mol. The summed E-state index contributed by atoms with van der Waals surface area (Å²) in [6, 6.07) is 13.8. The molecule has 0 bridgehead atoms. The number of amides is 3. The Balaban J connectivity index is 1.49. The average Bonchev–Trinajstić information content (AvgIpc) is 3.16. The number of nitrogens with one attached hydrogen (secondary N) is 1. The lowest BCUT2D eigenvalue weighted by atomic mass is 9.92. The first kappa shape index (κ1) is 20.3. The molecule has 1 N–H and O–H groups in total. The number of likely N-dealkylation sites (tertiary alicyclic amines) is 1. The van der Waals surface area contributed by atoms with Gasteiger partial charge in [0.2, 0.25) is 5.91 Å². The molecule has 0 saturated carbocycles. The van der Waals surface area contributed by atoms with E-state index in [0.29, 0.717) is 25.3 Å².